The summed E-state index contributed by atoms with van der Waals surface area (Å²) in [6.45, 7) is 8.79. The lowest BCUT2D eigenvalue weighted by molar-refractivity contribution is -0.124. The van der Waals surface area contributed by atoms with Crippen LogP contribution in [0.15, 0.2) is 48.5 Å². The van der Waals surface area contributed by atoms with Crippen LogP contribution in [0.3, 0.4) is 0 Å². The van der Waals surface area contributed by atoms with E-state index in [0.717, 1.165) is 35.3 Å². The van der Waals surface area contributed by atoms with Gasteiger partial charge in [-0.2, -0.15) is 0 Å². The van der Waals surface area contributed by atoms with E-state index in [1.165, 1.54) is 0 Å². The monoisotopic (exact) mass is 383 g/mol. The highest BCUT2D eigenvalue weighted by Crippen LogP contribution is 2.23. The molecule has 0 saturated heterocycles. The van der Waals surface area contributed by atoms with Gasteiger partial charge in [0.05, 0.1) is 25.2 Å². The van der Waals surface area contributed by atoms with Gasteiger partial charge in [-0.1, -0.05) is 56.7 Å². The number of hydrogen-bond acceptors (Lipinski definition) is 3. The first kappa shape index (κ1) is 22.0. The van der Waals surface area contributed by atoms with Crippen molar-refractivity contribution in [3.05, 3.63) is 65.2 Å². The summed E-state index contributed by atoms with van der Waals surface area (Å²) < 4.78 is 5.82. The topological polar surface area (TPSA) is 58.6 Å². The average molecular weight is 384 g/mol. The number of aliphatic hydroxyl groups excluding tert-OH is 1. The number of ether oxygens (including phenoxy) is 1. The number of amides is 1. The molecule has 0 bridgehead atoms. The molecule has 4 nitrogen and oxygen atoms in total. The Morgan fingerprint density at radius 2 is 1.79 bits per heavy atom. The van der Waals surface area contributed by atoms with Crippen molar-refractivity contribution in [1.29, 1.82) is 0 Å². The zero-order valence-corrected chi connectivity index (χ0v) is 17.4. The van der Waals surface area contributed by atoms with Gasteiger partial charge in [-0.15, -0.1) is 0 Å². The van der Waals surface area contributed by atoms with E-state index in [-0.39, 0.29) is 18.6 Å². The number of aryl methyl sites for hydroxylation is 1. The number of aliphatic hydroxyl groups is 1. The predicted octanol–water partition coefficient (Wildman–Crippen LogP) is 4.76. The van der Waals surface area contributed by atoms with Crippen LogP contribution in [-0.2, 0) is 4.79 Å². The molecule has 0 radical (unpaired) electrons. The van der Waals surface area contributed by atoms with Gasteiger partial charge in [0.15, 0.2) is 0 Å². The maximum absolute atomic E-state index is 12.7. The zero-order chi connectivity index (χ0) is 20.5. The lowest BCUT2D eigenvalue weighted by Gasteiger charge is -2.21. The molecule has 4 heteroatoms. The van der Waals surface area contributed by atoms with Crippen LogP contribution < -0.4 is 10.1 Å². The number of benzene rings is 2. The van der Waals surface area contributed by atoms with Crippen LogP contribution in [0.4, 0.5) is 0 Å². The van der Waals surface area contributed by atoms with Crippen LogP contribution in [-0.4, -0.2) is 24.2 Å². The number of rotatable bonds is 10. The summed E-state index contributed by atoms with van der Waals surface area (Å²) in [6, 6.07) is 15.3. The van der Waals surface area contributed by atoms with Crippen LogP contribution in [0.25, 0.3) is 0 Å². The van der Waals surface area contributed by atoms with Crippen LogP contribution in [0, 0.1) is 12.8 Å². The fourth-order valence-corrected chi connectivity index (χ4v) is 3.42. The Morgan fingerprint density at radius 3 is 2.39 bits per heavy atom. The molecule has 0 fully saturated rings. The number of hydrogen-bond donors (Lipinski definition) is 2. The molecule has 1 amide bonds. The molecule has 2 aromatic carbocycles. The molecule has 0 spiro atoms. The van der Waals surface area contributed by atoms with E-state index >= 15 is 0 Å². The lowest BCUT2D eigenvalue weighted by atomic mass is 9.97. The maximum Gasteiger partial charge on any atom is 0.230 e. The summed E-state index contributed by atoms with van der Waals surface area (Å²) in [5.41, 5.74) is 3.00. The fraction of sp³-hybridized carbons (Fsp3) is 0.458. The van der Waals surface area contributed by atoms with Crippen molar-refractivity contribution < 1.29 is 14.6 Å². The van der Waals surface area contributed by atoms with Gasteiger partial charge in [-0.25, -0.2) is 0 Å². The largest absolute Gasteiger partial charge is 0.493 e. The molecule has 152 valence electrons. The standard InChI is InChI=1S/C24H33NO3/c1-5-8-17(2)16-28-21-13-11-20(12-14-21)23(15-26)24(27)25-19(4)22-10-7-6-9-18(22)3/h6-7,9-14,17,19,23,26H,5,8,15-16H2,1-4H3,(H,25,27). The van der Waals surface area contributed by atoms with Gasteiger partial charge in [0.1, 0.15) is 5.75 Å². The van der Waals surface area contributed by atoms with Crippen molar-refractivity contribution in [3.8, 4) is 5.75 Å². The summed E-state index contributed by atoms with van der Waals surface area (Å²) in [7, 11) is 0. The SMILES string of the molecule is CCCC(C)COc1ccc(C(CO)C(=O)NC(C)c2ccccc2C)cc1. The van der Waals surface area contributed by atoms with Crippen molar-refractivity contribution in [2.75, 3.05) is 13.2 Å². The fourth-order valence-electron chi connectivity index (χ4n) is 3.42. The van der Waals surface area contributed by atoms with Crippen molar-refractivity contribution in [2.45, 2.75) is 52.5 Å². The zero-order valence-electron chi connectivity index (χ0n) is 17.4. The average Bonchev–Trinajstić information content (AvgIpc) is 2.68. The molecule has 2 N–H and O–H groups in total. The van der Waals surface area contributed by atoms with Gasteiger partial charge in [0.2, 0.25) is 5.91 Å². The summed E-state index contributed by atoms with van der Waals surface area (Å²) in [4.78, 5) is 12.7. The Balaban J connectivity index is 1.99. The lowest BCUT2D eigenvalue weighted by Crippen LogP contribution is -2.33. The quantitative estimate of drug-likeness (QED) is 0.622. The normalized spacial score (nSPS) is 14.2. The third-order valence-corrected chi connectivity index (χ3v) is 5.11. The van der Waals surface area contributed by atoms with Crippen LogP contribution in [0.2, 0.25) is 0 Å². The number of nitrogens with one attached hydrogen (secondary N) is 1. The highest BCUT2D eigenvalue weighted by molar-refractivity contribution is 5.84. The van der Waals surface area contributed by atoms with E-state index in [4.69, 9.17) is 4.74 Å². The molecule has 2 rings (SSSR count). The van der Waals surface area contributed by atoms with E-state index in [1.54, 1.807) is 0 Å². The molecular weight excluding hydrogens is 350 g/mol. The van der Waals surface area contributed by atoms with Crippen molar-refractivity contribution in [2.24, 2.45) is 5.92 Å². The first-order valence-corrected chi connectivity index (χ1v) is 10.2. The molecule has 28 heavy (non-hydrogen) atoms. The van der Waals surface area contributed by atoms with Crippen molar-refractivity contribution in [3.63, 3.8) is 0 Å². The van der Waals surface area contributed by atoms with E-state index in [1.807, 2.05) is 62.4 Å². The second-order valence-electron chi connectivity index (χ2n) is 7.60. The van der Waals surface area contributed by atoms with E-state index in [9.17, 15) is 9.90 Å². The number of carbonyl (C=O) groups is 1. The third kappa shape index (κ3) is 6.10. The van der Waals surface area contributed by atoms with Gasteiger partial charge in [0.25, 0.3) is 0 Å². The van der Waals surface area contributed by atoms with E-state index < -0.39 is 5.92 Å². The molecule has 3 unspecified atom stereocenters. The first-order valence-electron chi connectivity index (χ1n) is 10.2. The smallest absolute Gasteiger partial charge is 0.230 e. The molecule has 0 aromatic heterocycles. The van der Waals surface area contributed by atoms with Crippen LogP contribution in [0.1, 0.15) is 62.3 Å². The second-order valence-corrected chi connectivity index (χ2v) is 7.60. The van der Waals surface area contributed by atoms with Gasteiger partial charge >= 0.3 is 0 Å². The molecule has 2 aromatic rings. The molecule has 0 aliphatic heterocycles. The first-order chi connectivity index (χ1) is 13.5. The summed E-state index contributed by atoms with van der Waals surface area (Å²) >= 11 is 0. The summed E-state index contributed by atoms with van der Waals surface area (Å²) in [6.07, 6.45) is 2.29. The Kier molecular flexibility index (Phi) is 8.52. The minimum absolute atomic E-state index is 0.120. The van der Waals surface area contributed by atoms with E-state index in [0.29, 0.717) is 12.5 Å². The minimum Gasteiger partial charge on any atom is -0.493 e. The second kappa shape index (κ2) is 10.9. The highest BCUT2D eigenvalue weighted by atomic mass is 16.5. The maximum atomic E-state index is 12.7. The van der Waals surface area contributed by atoms with Crippen molar-refractivity contribution >= 4 is 5.91 Å². The van der Waals surface area contributed by atoms with E-state index in [2.05, 4.69) is 19.2 Å². The predicted molar refractivity (Wildman–Crippen MR) is 114 cm³/mol. The van der Waals surface area contributed by atoms with Crippen molar-refractivity contribution in [1.82, 2.24) is 5.32 Å². The van der Waals surface area contributed by atoms with Crippen LogP contribution >= 0.6 is 0 Å². The molecule has 0 aliphatic carbocycles. The Hall–Kier alpha value is -2.33. The highest BCUT2D eigenvalue weighted by Gasteiger charge is 2.22. The van der Waals surface area contributed by atoms with Crippen LogP contribution in [0.5, 0.6) is 5.75 Å². The summed E-state index contributed by atoms with van der Waals surface area (Å²) in [5.74, 6) is 0.531. The van der Waals surface area contributed by atoms with Gasteiger partial charge < -0.3 is 15.2 Å². The molecule has 0 heterocycles. The van der Waals surface area contributed by atoms with Gasteiger partial charge in [-0.3, -0.25) is 4.79 Å². The summed E-state index contributed by atoms with van der Waals surface area (Å²) in [5, 5.41) is 12.8. The molecule has 0 saturated carbocycles. The molecular formula is C24H33NO3. The number of carbonyl (C=O) groups excluding carboxylic acids is 1. The Labute approximate surface area is 168 Å². The molecule has 0 aliphatic rings. The Morgan fingerprint density at radius 1 is 1.11 bits per heavy atom. The third-order valence-electron chi connectivity index (χ3n) is 5.11. The van der Waals surface area contributed by atoms with Gasteiger partial charge in [-0.05, 0) is 55.0 Å². The molecule has 3 atom stereocenters. The van der Waals surface area contributed by atoms with Gasteiger partial charge in [0, 0.05) is 0 Å². The minimum atomic E-state index is -0.598. The Bertz CT molecular complexity index is 742.